The topological polar surface area (TPSA) is 31.2 Å². The highest BCUT2D eigenvalue weighted by Gasteiger charge is 2.34. The maximum atomic E-state index is 14.0. The second kappa shape index (κ2) is 5.75. The van der Waals surface area contributed by atoms with Gasteiger partial charge in [-0.05, 0) is 40.2 Å². The zero-order chi connectivity index (χ0) is 16.7. The van der Waals surface area contributed by atoms with Crippen LogP contribution in [0.25, 0.3) is 11.1 Å². The van der Waals surface area contributed by atoms with Crippen LogP contribution >= 0.6 is 15.9 Å². The number of methoxy groups -OCH3 is 1. The van der Waals surface area contributed by atoms with Gasteiger partial charge in [0.25, 0.3) is 5.56 Å². The summed E-state index contributed by atoms with van der Waals surface area (Å²) in [4.78, 5) is 12.1. The first-order valence-electron chi connectivity index (χ1n) is 5.97. The van der Waals surface area contributed by atoms with Gasteiger partial charge in [-0.1, -0.05) is 0 Å². The number of alkyl halides is 3. The lowest BCUT2D eigenvalue weighted by Gasteiger charge is -2.14. The van der Waals surface area contributed by atoms with Crippen molar-refractivity contribution in [2.75, 3.05) is 7.11 Å². The molecular formula is C14H10BrF4NO2. The summed E-state index contributed by atoms with van der Waals surface area (Å²) >= 11 is 3.09. The number of halogens is 5. The highest BCUT2D eigenvalue weighted by atomic mass is 79.9. The van der Waals surface area contributed by atoms with Gasteiger partial charge in [-0.25, -0.2) is 4.39 Å². The molecule has 0 N–H and O–H groups in total. The Hall–Kier alpha value is -1.83. The van der Waals surface area contributed by atoms with E-state index in [-0.39, 0.29) is 16.9 Å². The standard InChI is InChI=1S/C14H10BrF4NO2/c1-20-12(14(17,18)19)4-3-7(13(20)21)8-5-11(22-2)9(15)6-10(8)16/h3-6H,1-2H3. The minimum atomic E-state index is -4.66. The molecular weight excluding hydrogens is 370 g/mol. The van der Waals surface area contributed by atoms with E-state index in [1.807, 2.05) is 0 Å². The summed E-state index contributed by atoms with van der Waals surface area (Å²) in [6, 6.07) is 4.04. The number of aromatic nitrogens is 1. The van der Waals surface area contributed by atoms with Gasteiger partial charge in [0.15, 0.2) is 0 Å². The van der Waals surface area contributed by atoms with Gasteiger partial charge < -0.3 is 9.30 Å². The Morgan fingerprint density at radius 2 is 1.82 bits per heavy atom. The second-order valence-electron chi connectivity index (χ2n) is 4.46. The number of hydrogen-bond donors (Lipinski definition) is 0. The van der Waals surface area contributed by atoms with Gasteiger partial charge in [0.2, 0.25) is 0 Å². The van der Waals surface area contributed by atoms with Crippen LogP contribution in [-0.4, -0.2) is 11.7 Å². The van der Waals surface area contributed by atoms with E-state index in [4.69, 9.17) is 4.74 Å². The van der Waals surface area contributed by atoms with E-state index in [1.54, 1.807) is 0 Å². The summed E-state index contributed by atoms with van der Waals surface area (Å²) in [5, 5.41) is 0. The van der Waals surface area contributed by atoms with Crippen molar-refractivity contribution in [1.29, 1.82) is 0 Å². The Bertz CT molecular complexity index is 784. The summed E-state index contributed by atoms with van der Waals surface area (Å²) < 4.78 is 58.1. The lowest BCUT2D eigenvalue weighted by atomic mass is 10.1. The predicted octanol–water partition coefficient (Wildman–Crippen LogP) is 3.98. The molecule has 0 amide bonds. The van der Waals surface area contributed by atoms with Crippen LogP contribution in [0.3, 0.4) is 0 Å². The Labute approximate surface area is 131 Å². The monoisotopic (exact) mass is 379 g/mol. The Morgan fingerprint density at radius 1 is 1.18 bits per heavy atom. The van der Waals surface area contributed by atoms with Gasteiger partial charge in [0, 0.05) is 12.6 Å². The van der Waals surface area contributed by atoms with Crippen LogP contribution in [0.2, 0.25) is 0 Å². The number of ether oxygens (including phenoxy) is 1. The van der Waals surface area contributed by atoms with E-state index in [1.165, 1.54) is 13.2 Å². The van der Waals surface area contributed by atoms with E-state index >= 15 is 0 Å². The fraction of sp³-hybridized carbons (Fsp3) is 0.214. The van der Waals surface area contributed by atoms with Crippen molar-refractivity contribution in [1.82, 2.24) is 4.57 Å². The van der Waals surface area contributed by atoms with Gasteiger partial charge in [-0.15, -0.1) is 0 Å². The molecule has 0 saturated heterocycles. The normalized spacial score (nSPS) is 11.6. The second-order valence-corrected chi connectivity index (χ2v) is 5.32. The molecule has 22 heavy (non-hydrogen) atoms. The summed E-state index contributed by atoms with van der Waals surface area (Å²) in [6.45, 7) is 0. The lowest BCUT2D eigenvalue weighted by Crippen LogP contribution is -2.26. The Kier molecular flexibility index (Phi) is 4.32. The molecule has 2 aromatic rings. The zero-order valence-corrected chi connectivity index (χ0v) is 13.0. The van der Waals surface area contributed by atoms with Crippen molar-refractivity contribution in [2.24, 2.45) is 7.05 Å². The van der Waals surface area contributed by atoms with Crippen LogP contribution in [-0.2, 0) is 13.2 Å². The first-order valence-corrected chi connectivity index (χ1v) is 6.76. The fourth-order valence-corrected chi connectivity index (χ4v) is 2.49. The number of nitrogens with zero attached hydrogens (tertiary/aromatic N) is 1. The first kappa shape index (κ1) is 16.5. The summed E-state index contributed by atoms with van der Waals surface area (Å²) in [7, 11) is 2.34. The van der Waals surface area contributed by atoms with Crippen molar-refractivity contribution in [2.45, 2.75) is 6.18 Å². The highest BCUT2D eigenvalue weighted by Crippen LogP contribution is 2.33. The first-order chi connectivity index (χ1) is 10.2. The van der Waals surface area contributed by atoms with E-state index in [9.17, 15) is 22.4 Å². The highest BCUT2D eigenvalue weighted by molar-refractivity contribution is 9.10. The van der Waals surface area contributed by atoms with Gasteiger partial charge in [-0.2, -0.15) is 13.2 Å². The van der Waals surface area contributed by atoms with Crippen molar-refractivity contribution in [3.8, 4) is 16.9 Å². The van der Waals surface area contributed by atoms with Gasteiger partial charge >= 0.3 is 6.18 Å². The van der Waals surface area contributed by atoms with Gasteiger partial charge in [0.1, 0.15) is 17.3 Å². The molecule has 0 radical (unpaired) electrons. The molecule has 0 aliphatic carbocycles. The molecule has 0 aliphatic rings. The van der Waals surface area contributed by atoms with Crippen LogP contribution < -0.4 is 10.3 Å². The molecule has 3 nitrogen and oxygen atoms in total. The molecule has 118 valence electrons. The largest absolute Gasteiger partial charge is 0.496 e. The maximum absolute atomic E-state index is 14.0. The number of hydrogen-bond acceptors (Lipinski definition) is 2. The number of rotatable bonds is 2. The van der Waals surface area contributed by atoms with E-state index < -0.39 is 23.2 Å². The van der Waals surface area contributed by atoms with Crippen LogP contribution in [0.5, 0.6) is 5.75 Å². The molecule has 0 saturated carbocycles. The van der Waals surface area contributed by atoms with Crippen molar-refractivity contribution in [3.05, 3.63) is 50.6 Å². The van der Waals surface area contributed by atoms with E-state index in [2.05, 4.69) is 15.9 Å². The SMILES string of the molecule is COc1cc(-c2ccc(C(F)(F)F)n(C)c2=O)c(F)cc1Br. The third-order valence-electron chi connectivity index (χ3n) is 3.13. The van der Waals surface area contributed by atoms with Crippen LogP contribution in [0.15, 0.2) is 33.5 Å². The number of benzene rings is 1. The van der Waals surface area contributed by atoms with Gasteiger partial charge in [0.05, 0.1) is 17.1 Å². The van der Waals surface area contributed by atoms with E-state index in [0.29, 0.717) is 9.04 Å². The van der Waals surface area contributed by atoms with Crippen molar-refractivity contribution in [3.63, 3.8) is 0 Å². The minimum Gasteiger partial charge on any atom is -0.496 e. The van der Waals surface area contributed by atoms with Crippen LogP contribution in [0, 0.1) is 5.82 Å². The number of pyridine rings is 1. The van der Waals surface area contributed by atoms with Crippen LogP contribution in [0.4, 0.5) is 17.6 Å². The Morgan fingerprint density at radius 3 is 2.36 bits per heavy atom. The molecule has 0 spiro atoms. The molecule has 1 aromatic heterocycles. The van der Waals surface area contributed by atoms with E-state index in [0.717, 1.165) is 25.2 Å². The van der Waals surface area contributed by atoms with Crippen LogP contribution in [0.1, 0.15) is 5.69 Å². The minimum absolute atomic E-state index is 0.130. The molecule has 0 atom stereocenters. The molecule has 0 fully saturated rings. The maximum Gasteiger partial charge on any atom is 0.431 e. The average molecular weight is 380 g/mol. The average Bonchev–Trinajstić information content (AvgIpc) is 2.41. The Balaban J connectivity index is 2.70. The molecule has 0 aliphatic heterocycles. The third kappa shape index (κ3) is 2.87. The molecule has 1 aromatic carbocycles. The molecule has 0 bridgehead atoms. The third-order valence-corrected chi connectivity index (χ3v) is 3.75. The molecule has 1 heterocycles. The van der Waals surface area contributed by atoms with Crippen molar-refractivity contribution >= 4 is 15.9 Å². The summed E-state index contributed by atoms with van der Waals surface area (Å²) in [5.74, 6) is -0.483. The summed E-state index contributed by atoms with van der Waals surface area (Å²) in [6.07, 6.45) is -4.66. The molecule has 0 unspecified atom stereocenters. The van der Waals surface area contributed by atoms with Gasteiger partial charge in [-0.3, -0.25) is 4.79 Å². The quantitative estimate of drug-likeness (QED) is 0.739. The molecule has 2 rings (SSSR count). The predicted molar refractivity (Wildman–Crippen MR) is 76.3 cm³/mol. The smallest absolute Gasteiger partial charge is 0.431 e. The molecule has 8 heteroatoms. The van der Waals surface area contributed by atoms with Crippen molar-refractivity contribution < 1.29 is 22.3 Å². The fourth-order valence-electron chi connectivity index (χ4n) is 2.02. The summed E-state index contributed by atoms with van der Waals surface area (Å²) in [5.41, 5.74) is -2.36. The zero-order valence-electron chi connectivity index (χ0n) is 11.5. The lowest BCUT2D eigenvalue weighted by molar-refractivity contribution is -0.143.